The third-order valence-corrected chi connectivity index (χ3v) is 4.81. The van der Waals surface area contributed by atoms with Gasteiger partial charge in [0.05, 0.1) is 12.3 Å². The van der Waals surface area contributed by atoms with Crippen LogP contribution in [0.2, 0.25) is 0 Å². The Morgan fingerprint density at radius 1 is 1.33 bits per heavy atom. The Kier molecular flexibility index (Phi) is 4.95. The lowest BCUT2D eigenvalue weighted by atomic mass is 9.87. The number of ether oxygens (including phenoxy) is 2. The molecule has 120 valence electrons. The molecule has 5 unspecified atom stereocenters. The molecule has 0 aromatic carbocycles. The summed E-state index contributed by atoms with van der Waals surface area (Å²) in [4.78, 5) is 24.1. The highest BCUT2D eigenvalue weighted by Crippen LogP contribution is 2.42. The molecule has 1 saturated carbocycles. The van der Waals surface area contributed by atoms with Crippen molar-refractivity contribution in [3.05, 3.63) is 0 Å². The number of carbonyl (C=O) groups is 2. The standard InChI is InChI=1S/C17H28O4/c1-9(2)6-13(10(3)4)17(19)21-16-12-7-11(5)15(16)20-14(18)8-12/h9-13,15-16H,6-8H2,1-5H3. The molecule has 1 aliphatic carbocycles. The molecule has 1 saturated heterocycles. The van der Waals surface area contributed by atoms with Gasteiger partial charge in [-0.1, -0.05) is 34.6 Å². The Hall–Kier alpha value is -1.06. The minimum Gasteiger partial charge on any atom is -0.458 e. The van der Waals surface area contributed by atoms with E-state index >= 15 is 0 Å². The summed E-state index contributed by atoms with van der Waals surface area (Å²) in [6.45, 7) is 10.4. The summed E-state index contributed by atoms with van der Waals surface area (Å²) in [7, 11) is 0. The number of fused-ring (bicyclic) bond motifs is 2. The van der Waals surface area contributed by atoms with Gasteiger partial charge in [-0.25, -0.2) is 0 Å². The summed E-state index contributed by atoms with van der Waals surface area (Å²) >= 11 is 0. The molecule has 2 aliphatic rings. The fraction of sp³-hybridized carbons (Fsp3) is 0.882. The van der Waals surface area contributed by atoms with Gasteiger partial charge in [0.15, 0.2) is 0 Å². The van der Waals surface area contributed by atoms with Crippen LogP contribution in [-0.2, 0) is 19.1 Å². The van der Waals surface area contributed by atoms with Gasteiger partial charge in [0, 0.05) is 5.92 Å². The van der Waals surface area contributed by atoms with Crippen LogP contribution in [0.1, 0.15) is 53.9 Å². The topological polar surface area (TPSA) is 52.6 Å². The molecule has 2 rings (SSSR count). The first-order valence-corrected chi connectivity index (χ1v) is 8.19. The second-order valence-corrected chi connectivity index (χ2v) is 7.51. The molecule has 21 heavy (non-hydrogen) atoms. The first-order valence-electron chi connectivity index (χ1n) is 8.19. The van der Waals surface area contributed by atoms with Crippen LogP contribution in [0, 0.1) is 29.6 Å². The van der Waals surface area contributed by atoms with Crippen molar-refractivity contribution < 1.29 is 19.1 Å². The Morgan fingerprint density at radius 2 is 2.00 bits per heavy atom. The first kappa shape index (κ1) is 16.3. The Bertz CT molecular complexity index is 402. The van der Waals surface area contributed by atoms with Crippen molar-refractivity contribution in [3.8, 4) is 0 Å². The highest BCUT2D eigenvalue weighted by Gasteiger charge is 2.51. The van der Waals surface area contributed by atoms with Crippen molar-refractivity contribution in [1.29, 1.82) is 0 Å². The largest absolute Gasteiger partial charge is 0.458 e. The minimum atomic E-state index is -0.243. The van der Waals surface area contributed by atoms with Crippen LogP contribution in [0.5, 0.6) is 0 Å². The summed E-state index contributed by atoms with van der Waals surface area (Å²) in [6, 6.07) is 0. The average Bonchev–Trinajstić information content (AvgIpc) is 2.55. The molecule has 2 bridgehead atoms. The van der Waals surface area contributed by atoms with Gasteiger partial charge in [0.25, 0.3) is 0 Å². The maximum absolute atomic E-state index is 12.5. The molecule has 0 aromatic rings. The number of esters is 2. The van der Waals surface area contributed by atoms with E-state index in [0.717, 1.165) is 12.8 Å². The zero-order valence-electron chi connectivity index (χ0n) is 13.8. The van der Waals surface area contributed by atoms with Gasteiger partial charge < -0.3 is 9.47 Å². The van der Waals surface area contributed by atoms with E-state index in [1.54, 1.807) is 0 Å². The predicted octanol–water partition coefficient (Wildman–Crippen LogP) is 3.19. The summed E-state index contributed by atoms with van der Waals surface area (Å²) < 4.78 is 11.2. The van der Waals surface area contributed by atoms with Crippen LogP contribution >= 0.6 is 0 Å². The molecule has 1 aliphatic heterocycles. The molecule has 0 aromatic heterocycles. The fourth-order valence-electron chi connectivity index (χ4n) is 3.67. The third kappa shape index (κ3) is 3.58. The van der Waals surface area contributed by atoms with E-state index in [-0.39, 0.29) is 47.8 Å². The van der Waals surface area contributed by atoms with Crippen molar-refractivity contribution in [1.82, 2.24) is 0 Å². The minimum absolute atomic E-state index is 0.0719. The quantitative estimate of drug-likeness (QED) is 0.731. The van der Waals surface area contributed by atoms with Gasteiger partial charge in [-0.2, -0.15) is 0 Å². The van der Waals surface area contributed by atoms with Gasteiger partial charge in [-0.05, 0) is 30.6 Å². The SMILES string of the molecule is CC(C)CC(C(=O)OC1C2CC(=O)OC1C(C)C2)C(C)C. The number of hydrogen-bond acceptors (Lipinski definition) is 4. The van der Waals surface area contributed by atoms with E-state index in [0.29, 0.717) is 12.3 Å². The van der Waals surface area contributed by atoms with Crippen LogP contribution < -0.4 is 0 Å². The van der Waals surface area contributed by atoms with E-state index in [1.165, 1.54) is 0 Å². The molecule has 5 atom stereocenters. The van der Waals surface area contributed by atoms with E-state index in [2.05, 4.69) is 34.6 Å². The summed E-state index contributed by atoms with van der Waals surface area (Å²) in [5.41, 5.74) is 0. The van der Waals surface area contributed by atoms with Crippen molar-refractivity contribution in [2.45, 2.75) is 66.1 Å². The van der Waals surface area contributed by atoms with Crippen LogP contribution in [0.3, 0.4) is 0 Å². The highest BCUT2D eigenvalue weighted by atomic mass is 16.6. The molecule has 0 radical (unpaired) electrons. The normalized spacial score (nSPS) is 33.2. The van der Waals surface area contributed by atoms with E-state index in [4.69, 9.17) is 9.47 Å². The zero-order chi connectivity index (χ0) is 15.7. The molecule has 1 heterocycles. The predicted molar refractivity (Wildman–Crippen MR) is 79.4 cm³/mol. The molecule has 0 N–H and O–H groups in total. The van der Waals surface area contributed by atoms with Crippen molar-refractivity contribution in [2.75, 3.05) is 0 Å². The molecular formula is C17H28O4. The smallest absolute Gasteiger partial charge is 0.309 e. The van der Waals surface area contributed by atoms with Gasteiger partial charge in [0.1, 0.15) is 12.2 Å². The van der Waals surface area contributed by atoms with Gasteiger partial charge in [0.2, 0.25) is 0 Å². The average molecular weight is 296 g/mol. The summed E-state index contributed by atoms with van der Waals surface area (Å²) in [5.74, 6) is 0.808. The molecular weight excluding hydrogens is 268 g/mol. The zero-order valence-corrected chi connectivity index (χ0v) is 13.8. The third-order valence-electron chi connectivity index (χ3n) is 4.81. The van der Waals surface area contributed by atoms with E-state index < -0.39 is 0 Å². The maximum Gasteiger partial charge on any atom is 0.309 e. The van der Waals surface area contributed by atoms with Gasteiger partial charge in [-0.3, -0.25) is 9.59 Å². The molecule has 2 fully saturated rings. The van der Waals surface area contributed by atoms with Crippen LogP contribution in [-0.4, -0.2) is 24.1 Å². The Balaban J connectivity index is 2.03. The second kappa shape index (κ2) is 6.37. The summed E-state index contributed by atoms with van der Waals surface area (Å²) in [5, 5.41) is 0. The van der Waals surface area contributed by atoms with Crippen molar-refractivity contribution >= 4 is 11.9 Å². The lowest BCUT2D eigenvalue weighted by molar-refractivity contribution is -0.183. The van der Waals surface area contributed by atoms with Crippen LogP contribution in [0.4, 0.5) is 0 Å². The van der Waals surface area contributed by atoms with E-state index in [9.17, 15) is 9.59 Å². The van der Waals surface area contributed by atoms with Crippen molar-refractivity contribution in [2.24, 2.45) is 29.6 Å². The lowest BCUT2D eigenvalue weighted by Gasteiger charge is -2.32. The van der Waals surface area contributed by atoms with Crippen LogP contribution in [0.15, 0.2) is 0 Å². The highest BCUT2D eigenvalue weighted by molar-refractivity contribution is 5.74. The van der Waals surface area contributed by atoms with Crippen molar-refractivity contribution in [3.63, 3.8) is 0 Å². The lowest BCUT2D eigenvalue weighted by Crippen LogP contribution is -2.43. The number of carbonyl (C=O) groups excluding carboxylic acids is 2. The maximum atomic E-state index is 12.5. The van der Waals surface area contributed by atoms with E-state index in [1.807, 2.05) is 0 Å². The van der Waals surface area contributed by atoms with Gasteiger partial charge >= 0.3 is 11.9 Å². The monoisotopic (exact) mass is 296 g/mol. The molecule has 4 nitrogen and oxygen atoms in total. The Labute approximate surface area is 127 Å². The first-order chi connectivity index (χ1) is 9.79. The Morgan fingerprint density at radius 3 is 2.52 bits per heavy atom. The molecule has 0 spiro atoms. The molecule has 4 heteroatoms. The molecule has 0 amide bonds. The number of rotatable bonds is 5. The number of hydrogen-bond donors (Lipinski definition) is 0. The van der Waals surface area contributed by atoms with Crippen LogP contribution in [0.25, 0.3) is 0 Å². The van der Waals surface area contributed by atoms with Gasteiger partial charge in [-0.15, -0.1) is 0 Å². The fourth-order valence-corrected chi connectivity index (χ4v) is 3.67. The summed E-state index contributed by atoms with van der Waals surface area (Å²) in [6.07, 6.45) is 1.65. The second-order valence-electron chi connectivity index (χ2n) is 7.51.